The van der Waals surface area contributed by atoms with Gasteiger partial charge in [-0.1, -0.05) is 35.9 Å². The van der Waals surface area contributed by atoms with Crippen LogP contribution in [0.1, 0.15) is 11.3 Å². The van der Waals surface area contributed by atoms with Crippen molar-refractivity contribution in [1.82, 2.24) is 4.90 Å². The zero-order valence-electron chi connectivity index (χ0n) is 15.3. The van der Waals surface area contributed by atoms with Crippen LogP contribution in [0.2, 0.25) is 5.02 Å². The van der Waals surface area contributed by atoms with E-state index in [1.807, 2.05) is 6.07 Å². The average molecular weight is 441 g/mol. The number of hydrogen-bond acceptors (Lipinski definition) is 6. The monoisotopic (exact) mass is 440 g/mol. The Kier molecular flexibility index (Phi) is 5.43. The molecule has 2 heterocycles. The van der Waals surface area contributed by atoms with Crippen molar-refractivity contribution in [1.29, 1.82) is 0 Å². The molecule has 4 rings (SSSR count). The molecule has 1 aromatic heterocycles. The zero-order valence-corrected chi connectivity index (χ0v) is 16.9. The van der Waals surface area contributed by atoms with Crippen molar-refractivity contribution in [2.75, 3.05) is 0 Å². The molecule has 0 aliphatic carbocycles. The van der Waals surface area contributed by atoms with Gasteiger partial charge in [-0.3, -0.25) is 24.6 Å². The van der Waals surface area contributed by atoms with Crippen molar-refractivity contribution in [3.05, 3.63) is 92.0 Å². The van der Waals surface area contributed by atoms with Crippen molar-refractivity contribution >= 4 is 46.3 Å². The Morgan fingerprint density at radius 1 is 1.10 bits per heavy atom. The van der Waals surface area contributed by atoms with Gasteiger partial charge in [0.1, 0.15) is 11.5 Å². The summed E-state index contributed by atoms with van der Waals surface area (Å²) in [6.45, 7) is -0.0460. The number of rotatable bonds is 5. The number of carbonyl (C=O) groups is 2. The lowest BCUT2D eigenvalue weighted by Crippen LogP contribution is -2.27. The molecule has 3 aromatic rings. The number of benzene rings is 2. The average Bonchev–Trinajstić information content (AvgIpc) is 3.29. The fourth-order valence-corrected chi connectivity index (χ4v) is 3.95. The number of nitro benzene ring substituents is 1. The molecular formula is C21H13ClN2O5S. The summed E-state index contributed by atoms with van der Waals surface area (Å²) in [6, 6.07) is 16.5. The number of amides is 2. The summed E-state index contributed by atoms with van der Waals surface area (Å²) in [7, 11) is 0. The Morgan fingerprint density at radius 3 is 2.67 bits per heavy atom. The number of furan rings is 1. The predicted molar refractivity (Wildman–Crippen MR) is 114 cm³/mol. The Hall–Kier alpha value is -3.36. The first kappa shape index (κ1) is 19.9. The highest BCUT2D eigenvalue weighted by Gasteiger charge is 2.35. The Bertz CT molecular complexity index is 1200. The lowest BCUT2D eigenvalue weighted by molar-refractivity contribution is -0.384. The summed E-state index contributed by atoms with van der Waals surface area (Å²) in [6.07, 6.45) is 1.51. The van der Waals surface area contributed by atoms with E-state index in [1.54, 1.807) is 36.4 Å². The second-order valence-electron chi connectivity index (χ2n) is 6.41. The topological polar surface area (TPSA) is 93.7 Å². The largest absolute Gasteiger partial charge is 0.457 e. The summed E-state index contributed by atoms with van der Waals surface area (Å²) in [5.41, 5.74) is 1.19. The molecular weight excluding hydrogens is 428 g/mol. The minimum absolute atomic E-state index is 0.0460. The van der Waals surface area contributed by atoms with Crippen LogP contribution in [0.25, 0.3) is 17.4 Å². The number of non-ortho nitro benzene ring substituents is 1. The Balaban J connectivity index is 1.53. The minimum atomic E-state index is -0.522. The van der Waals surface area contributed by atoms with Crippen LogP contribution in [0.3, 0.4) is 0 Å². The zero-order chi connectivity index (χ0) is 21.3. The van der Waals surface area contributed by atoms with Crippen molar-refractivity contribution < 1.29 is 18.9 Å². The molecule has 0 N–H and O–H groups in total. The van der Waals surface area contributed by atoms with Gasteiger partial charge in [-0.05, 0) is 41.6 Å². The second-order valence-corrected chi connectivity index (χ2v) is 7.84. The van der Waals surface area contributed by atoms with E-state index in [1.165, 1.54) is 24.3 Å². The molecule has 1 aliphatic heterocycles. The normalized spacial score (nSPS) is 15.2. The second kappa shape index (κ2) is 8.17. The number of hydrogen-bond donors (Lipinski definition) is 0. The molecule has 1 saturated heterocycles. The quantitative estimate of drug-likeness (QED) is 0.285. The number of nitrogens with zero attached hydrogens (tertiary/aromatic N) is 2. The maximum absolute atomic E-state index is 12.7. The van der Waals surface area contributed by atoms with Crippen LogP contribution in [0.15, 0.2) is 70.0 Å². The van der Waals surface area contributed by atoms with Gasteiger partial charge in [0.2, 0.25) is 0 Å². The lowest BCUT2D eigenvalue weighted by Gasteiger charge is -2.12. The molecule has 0 saturated carbocycles. The van der Waals surface area contributed by atoms with Gasteiger partial charge < -0.3 is 4.42 Å². The molecule has 0 radical (unpaired) electrons. The summed E-state index contributed by atoms with van der Waals surface area (Å²) in [5.74, 6) is 0.530. The van der Waals surface area contributed by atoms with Crippen molar-refractivity contribution in [3.8, 4) is 11.3 Å². The molecule has 150 valence electrons. The van der Waals surface area contributed by atoms with E-state index in [9.17, 15) is 19.7 Å². The molecule has 30 heavy (non-hydrogen) atoms. The van der Waals surface area contributed by atoms with Crippen LogP contribution in [0, 0.1) is 10.1 Å². The van der Waals surface area contributed by atoms with Crippen molar-refractivity contribution in [2.24, 2.45) is 0 Å². The van der Waals surface area contributed by atoms with Gasteiger partial charge in [0.15, 0.2) is 0 Å². The Morgan fingerprint density at radius 2 is 1.90 bits per heavy atom. The maximum Gasteiger partial charge on any atom is 0.293 e. The highest BCUT2D eigenvalue weighted by molar-refractivity contribution is 8.18. The fourth-order valence-electron chi connectivity index (χ4n) is 2.94. The molecule has 0 bridgehead atoms. The van der Waals surface area contributed by atoms with E-state index >= 15 is 0 Å². The van der Waals surface area contributed by atoms with Crippen molar-refractivity contribution in [2.45, 2.75) is 6.54 Å². The van der Waals surface area contributed by atoms with Gasteiger partial charge in [-0.25, -0.2) is 0 Å². The van der Waals surface area contributed by atoms with Crippen LogP contribution in [0.5, 0.6) is 0 Å². The van der Waals surface area contributed by atoms with Crippen LogP contribution in [-0.4, -0.2) is 21.0 Å². The molecule has 0 atom stereocenters. The first-order valence-electron chi connectivity index (χ1n) is 8.75. The number of thioether (sulfide) groups is 1. The first-order valence-corrected chi connectivity index (χ1v) is 9.94. The third kappa shape index (κ3) is 4.14. The van der Waals surface area contributed by atoms with E-state index in [2.05, 4.69) is 0 Å². The summed E-state index contributed by atoms with van der Waals surface area (Å²) in [5, 5.41) is 11.1. The molecule has 0 unspecified atom stereocenters. The molecule has 9 heteroatoms. The van der Waals surface area contributed by atoms with Gasteiger partial charge in [-0.15, -0.1) is 0 Å². The van der Waals surface area contributed by atoms with E-state index in [-0.39, 0.29) is 17.1 Å². The summed E-state index contributed by atoms with van der Waals surface area (Å²) >= 11 is 6.80. The van der Waals surface area contributed by atoms with Crippen molar-refractivity contribution in [3.63, 3.8) is 0 Å². The summed E-state index contributed by atoms with van der Waals surface area (Å²) in [4.78, 5) is 36.7. The van der Waals surface area contributed by atoms with Gasteiger partial charge in [-0.2, -0.15) is 0 Å². The van der Waals surface area contributed by atoms with Crippen LogP contribution >= 0.6 is 23.4 Å². The standard InChI is InChI=1S/C21H13ClN2O5S/c22-15-5-2-4-14(10-15)18-8-7-17(29-18)11-19-20(25)23(21(26)30-19)12-13-3-1-6-16(9-13)24(27)28/h1-11H,12H2/b19-11-. The fraction of sp³-hybridized carbons (Fsp3) is 0.0476. The highest BCUT2D eigenvalue weighted by Crippen LogP contribution is 2.34. The van der Waals surface area contributed by atoms with Crippen LogP contribution in [-0.2, 0) is 11.3 Å². The molecule has 1 fully saturated rings. The summed E-state index contributed by atoms with van der Waals surface area (Å²) < 4.78 is 5.76. The number of halogens is 1. The molecule has 7 nitrogen and oxygen atoms in total. The maximum atomic E-state index is 12.7. The highest BCUT2D eigenvalue weighted by atomic mass is 35.5. The van der Waals surface area contributed by atoms with E-state index in [0.29, 0.717) is 22.1 Å². The molecule has 1 aliphatic rings. The number of nitro groups is 1. The van der Waals surface area contributed by atoms with Gasteiger partial charge in [0.25, 0.3) is 16.8 Å². The predicted octanol–water partition coefficient (Wildman–Crippen LogP) is 5.74. The van der Waals surface area contributed by atoms with Gasteiger partial charge in [0, 0.05) is 28.8 Å². The lowest BCUT2D eigenvalue weighted by atomic mass is 10.2. The minimum Gasteiger partial charge on any atom is -0.457 e. The molecule has 2 amide bonds. The SMILES string of the molecule is O=C1S/C(=C\c2ccc(-c3cccc(Cl)c3)o2)C(=O)N1Cc1cccc([N+](=O)[O-])c1. The van der Waals surface area contributed by atoms with Crippen LogP contribution < -0.4 is 0 Å². The number of carbonyl (C=O) groups excluding carboxylic acids is 2. The first-order chi connectivity index (χ1) is 14.4. The molecule has 0 spiro atoms. The molecule has 2 aromatic carbocycles. The van der Waals surface area contributed by atoms with Crippen LogP contribution in [0.4, 0.5) is 10.5 Å². The third-order valence-corrected chi connectivity index (χ3v) is 5.49. The third-order valence-electron chi connectivity index (χ3n) is 4.34. The Labute approximate surface area is 180 Å². The van der Waals surface area contributed by atoms with E-state index in [0.717, 1.165) is 22.2 Å². The van der Waals surface area contributed by atoms with Gasteiger partial charge in [0.05, 0.1) is 16.4 Å². The number of imide groups is 1. The smallest absolute Gasteiger partial charge is 0.293 e. The van der Waals surface area contributed by atoms with Gasteiger partial charge >= 0.3 is 0 Å². The van der Waals surface area contributed by atoms with E-state index in [4.69, 9.17) is 16.0 Å². The van der Waals surface area contributed by atoms with E-state index < -0.39 is 16.1 Å².